The van der Waals surface area contributed by atoms with Crippen LogP contribution in [0.3, 0.4) is 0 Å². The molecule has 1 N–H and O–H groups in total. The van der Waals surface area contributed by atoms with E-state index < -0.39 is 56.2 Å². The summed E-state index contributed by atoms with van der Waals surface area (Å²) in [5.74, 6) is -21.2. The molecule has 0 fully saturated rings. The summed E-state index contributed by atoms with van der Waals surface area (Å²) in [5, 5.41) is -2.00. The fraction of sp³-hybridized carbons (Fsp3) is 0.611. The van der Waals surface area contributed by atoms with Crippen LogP contribution in [0, 0.1) is 0 Å². The summed E-state index contributed by atoms with van der Waals surface area (Å²) in [6.07, 6.45) is -5.17. The molecule has 0 aliphatic heterocycles. The van der Waals surface area contributed by atoms with Crippen LogP contribution in [0.2, 0.25) is 0 Å². The minimum atomic E-state index is -7.08. The third-order valence-corrected chi connectivity index (χ3v) is 5.82. The molecule has 1 aromatic rings. The number of Topliss-reactive ketones (excluding diaryl/α,β-unsaturated/α-hetero) is 1. The number of halogens is 9. The SMILES string of the molecule is CCCCCCC(C(=O)c1ccc(C(F)(F)C(F)(F)C(F)(F)C(F)(F)F)cc1)S(=O)(=O)O. The van der Waals surface area contributed by atoms with Crippen molar-refractivity contribution in [3.63, 3.8) is 0 Å². The van der Waals surface area contributed by atoms with Gasteiger partial charge in [0.15, 0.2) is 5.78 Å². The molecule has 0 aromatic heterocycles. The van der Waals surface area contributed by atoms with Crippen molar-refractivity contribution >= 4 is 15.9 Å². The van der Waals surface area contributed by atoms with E-state index in [1.165, 1.54) is 0 Å². The van der Waals surface area contributed by atoms with Gasteiger partial charge in [0, 0.05) is 11.1 Å². The number of ketones is 1. The Labute approximate surface area is 177 Å². The zero-order chi connectivity index (χ0) is 25.2. The van der Waals surface area contributed by atoms with Crippen molar-refractivity contribution in [2.75, 3.05) is 0 Å². The Bertz CT molecular complexity index is 894. The molecule has 0 aliphatic carbocycles. The molecule has 14 heteroatoms. The van der Waals surface area contributed by atoms with E-state index in [4.69, 9.17) is 0 Å². The van der Waals surface area contributed by atoms with Gasteiger partial charge in [0.1, 0.15) is 5.25 Å². The van der Waals surface area contributed by atoms with E-state index in [1.807, 2.05) is 6.92 Å². The third kappa shape index (κ3) is 5.56. The first-order valence-electron chi connectivity index (χ1n) is 9.13. The van der Waals surface area contributed by atoms with Gasteiger partial charge < -0.3 is 0 Å². The van der Waals surface area contributed by atoms with Gasteiger partial charge in [-0.15, -0.1) is 0 Å². The fourth-order valence-corrected chi connectivity index (χ4v) is 3.63. The molecule has 0 radical (unpaired) electrons. The first-order valence-corrected chi connectivity index (χ1v) is 10.6. The van der Waals surface area contributed by atoms with E-state index >= 15 is 0 Å². The summed E-state index contributed by atoms with van der Waals surface area (Å²) in [4.78, 5) is 12.4. The van der Waals surface area contributed by atoms with Crippen molar-refractivity contribution in [2.24, 2.45) is 0 Å². The monoisotopic (exact) mass is 502 g/mol. The second-order valence-electron chi connectivity index (χ2n) is 7.02. The summed E-state index contributed by atoms with van der Waals surface area (Å²) in [6.45, 7) is 1.84. The quantitative estimate of drug-likeness (QED) is 0.174. The van der Waals surface area contributed by atoms with Crippen molar-refractivity contribution in [1.29, 1.82) is 0 Å². The molecule has 0 heterocycles. The number of hydrogen-bond acceptors (Lipinski definition) is 3. The fourth-order valence-electron chi connectivity index (χ4n) is 2.76. The Balaban J connectivity index is 3.24. The minimum absolute atomic E-state index is 0.00569. The molecule has 32 heavy (non-hydrogen) atoms. The van der Waals surface area contributed by atoms with Crippen molar-refractivity contribution < 1.29 is 57.3 Å². The number of hydrogen-bond donors (Lipinski definition) is 1. The lowest BCUT2D eigenvalue weighted by Crippen LogP contribution is -2.59. The van der Waals surface area contributed by atoms with E-state index in [1.54, 1.807) is 0 Å². The van der Waals surface area contributed by atoms with Gasteiger partial charge in [-0.25, -0.2) is 0 Å². The van der Waals surface area contributed by atoms with Crippen LogP contribution in [0.5, 0.6) is 0 Å². The normalized spacial score (nSPS) is 15.0. The molecular formula is C18H19F9O4S. The van der Waals surface area contributed by atoms with Crippen molar-refractivity contribution in [3.05, 3.63) is 35.4 Å². The lowest BCUT2D eigenvalue weighted by molar-refractivity contribution is -0.399. The Kier molecular flexibility index (Phi) is 8.44. The summed E-state index contributed by atoms with van der Waals surface area (Å²) in [6, 6.07) is 0.757. The lowest BCUT2D eigenvalue weighted by Gasteiger charge is -2.33. The molecule has 0 amide bonds. The Morgan fingerprint density at radius 3 is 1.78 bits per heavy atom. The largest absolute Gasteiger partial charge is 0.460 e. The first-order chi connectivity index (χ1) is 14.3. The molecule has 4 nitrogen and oxygen atoms in total. The molecule has 0 spiro atoms. The van der Waals surface area contributed by atoms with Crippen molar-refractivity contribution in [1.82, 2.24) is 0 Å². The standard InChI is InChI=1S/C18H19F9O4S/c1-2-3-4-5-6-13(32(29,30)31)14(28)11-7-9-12(10-8-11)15(19,20)16(21,22)17(23,24)18(25,26)27/h7-10,13H,2-6H2,1H3,(H,29,30,31). The smallest absolute Gasteiger partial charge is 0.293 e. The molecule has 0 bridgehead atoms. The predicted octanol–water partition coefficient (Wildman–Crippen LogP) is 6.02. The molecule has 1 rings (SSSR count). The number of carbonyl (C=O) groups excluding carboxylic acids is 1. The van der Waals surface area contributed by atoms with Gasteiger partial charge in [-0.05, 0) is 6.42 Å². The van der Waals surface area contributed by atoms with E-state index in [9.17, 15) is 57.3 Å². The maximum absolute atomic E-state index is 13.9. The van der Waals surface area contributed by atoms with Crippen molar-refractivity contribution in [2.45, 2.75) is 68.2 Å². The highest BCUT2D eigenvalue weighted by Crippen LogP contribution is 2.56. The maximum Gasteiger partial charge on any atom is 0.460 e. The topological polar surface area (TPSA) is 71.4 Å². The third-order valence-electron chi connectivity index (χ3n) is 4.65. The molecule has 0 saturated heterocycles. The average molecular weight is 502 g/mol. The van der Waals surface area contributed by atoms with Gasteiger partial charge in [-0.2, -0.15) is 47.9 Å². The highest BCUT2D eigenvalue weighted by Gasteiger charge is 2.82. The van der Waals surface area contributed by atoms with Crippen LogP contribution in [0.25, 0.3) is 0 Å². The number of carbonyl (C=O) groups is 1. The van der Waals surface area contributed by atoms with E-state index in [2.05, 4.69) is 0 Å². The van der Waals surface area contributed by atoms with Crippen LogP contribution in [-0.4, -0.2) is 42.0 Å². The van der Waals surface area contributed by atoms with Crippen LogP contribution in [0.4, 0.5) is 39.5 Å². The maximum atomic E-state index is 13.9. The highest BCUT2D eigenvalue weighted by molar-refractivity contribution is 7.87. The van der Waals surface area contributed by atoms with Crippen LogP contribution in [-0.2, 0) is 16.0 Å². The van der Waals surface area contributed by atoms with Crippen molar-refractivity contribution in [3.8, 4) is 0 Å². The molecule has 0 aliphatic rings. The Morgan fingerprint density at radius 1 is 0.875 bits per heavy atom. The van der Waals surface area contributed by atoms with E-state index in [0.29, 0.717) is 25.0 Å². The van der Waals surface area contributed by atoms with Gasteiger partial charge in [0.25, 0.3) is 10.1 Å². The van der Waals surface area contributed by atoms with Gasteiger partial charge in [-0.1, -0.05) is 56.9 Å². The number of benzene rings is 1. The van der Waals surface area contributed by atoms with Crippen LogP contribution >= 0.6 is 0 Å². The second kappa shape index (κ2) is 9.57. The number of unbranched alkanes of at least 4 members (excludes halogenated alkanes) is 3. The van der Waals surface area contributed by atoms with Gasteiger partial charge in [-0.3, -0.25) is 9.35 Å². The van der Waals surface area contributed by atoms with Crippen LogP contribution < -0.4 is 0 Å². The lowest BCUT2D eigenvalue weighted by atomic mass is 9.94. The molecule has 184 valence electrons. The summed E-state index contributed by atoms with van der Waals surface area (Å²) >= 11 is 0. The summed E-state index contributed by atoms with van der Waals surface area (Å²) in [5.41, 5.74) is -2.62. The number of alkyl halides is 9. The van der Waals surface area contributed by atoms with Gasteiger partial charge >= 0.3 is 23.9 Å². The Hall–Kier alpha value is -1.83. The van der Waals surface area contributed by atoms with Gasteiger partial charge in [0.2, 0.25) is 0 Å². The summed E-state index contributed by atoms with van der Waals surface area (Å²) < 4.78 is 150. The second-order valence-corrected chi connectivity index (χ2v) is 8.61. The van der Waals surface area contributed by atoms with E-state index in [0.717, 1.165) is 6.42 Å². The zero-order valence-electron chi connectivity index (χ0n) is 16.4. The zero-order valence-corrected chi connectivity index (χ0v) is 17.2. The number of rotatable bonds is 11. The molecule has 0 saturated carbocycles. The predicted molar refractivity (Wildman–Crippen MR) is 94.7 cm³/mol. The molecule has 1 atom stereocenters. The molecule has 1 aromatic carbocycles. The van der Waals surface area contributed by atoms with Gasteiger partial charge in [0.05, 0.1) is 0 Å². The molecular weight excluding hydrogens is 483 g/mol. The molecule has 1 unspecified atom stereocenters. The van der Waals surface area contributed by atoms with Crippen LogP contribution in [0.15, 0.2) is 24.3 Å². The highest BCUT2D eigenvalue weighted by atomic mass is 32.2. The average Bonchev–Trinajstić information content (AvgIpc) is 2.65. The van der Waals surface area contributed by atoms with Crippen LogP contribution in [0.1, 0.15) is 54.9 Å². The minimum Gasteiger partial charge on any atom is -0.293 e. The first kappa shape index (κ1) is 28.2. The summed E-state index contributed by atoms with van der Waals surface area (Å²) in [7, 11) is -4.94. The van der Waals surface area contributed by atoms with E-state index in [-0.39, 0.29) is 25.0 Å². The Morgan fingerprint density at radius 2 is 1.38 bits per heavy atom.